The Morgan fingerprint density at radius 3 is 2.36 bits per heavy atom. The molecule has 0 aliphatic heterocycles. The summed E-state index contributed by atoms with van der Waals surface area (Å²) in [7, 11) is 0. The molecule has 76 valence electrons. The van der Waals surface area contributed by atoms with Crippen molar-refractivity contribution >= 4 is 16.8 Å². The molecule has 0 spiro atoms. The third-order valence-electron chi connectivity index (χ3n) is 1.69. The van der Waals surface area contributed by atoms with E-state index in [1.54, 1.807) is 0 Å². The van der Waals surface area contributed by atoms with Gasteiger partial charge in [-0.05, 0) is 30.7 Å². The molecule has 1 nitrogen and oxygen atoms in total. The van der Waals surface area contributed by atoms with E-state index in [0.717, 1.165) is 12.1 Å². The molecule has 0 radical (unpaired) electrons. The zero-order chi connectivity index (χ0) is 10.9. The topological polar surface area (TPSA) is 17.1 Å². The molecule has 0 aliphatic carbocycles. The van der Waals surface area contributed by atoms with E-state index in [9.17, 15) is 18.0 Å². The van der Waals surface area contributed by atoms with E-state index in [2.05, 4.69) is 0 Å². The summed E-state index contributed by atoms with van der Waals surface area (Å²) < 4.78 is 37.1. The minimum Gasteiger partial charge on any atom is -0.276 e. The lowest BCUT2D eigenvalue weighted by Gasteiger charge is -2.10. The maximum absolute atomic E-state index is 12.4. The van der Waals surface area contributed by atoms with Crippen LogP contribution in [0, 0.1) is 6.92 Å². The van der Waals surface area contributed by atoms with Gasteiger partial charge in [0, 0.05) is 5.56 Å². The van der Waals surface area contributed by atoms with Crippen LogP contribution in [0.4, 0.5) is 13.2 Å². The maximum atomic E-state index is 12.4. The van der Waals surface area contributed by atoms with Gasteiger partial charge in [0.1, 0.15) is 0 Å². The van der Waals surface area contributed by atoms with E-state index in [0.29, 0.717) is 5.56 Å². The van der Waals surface area contributed by atoms with E-state index >= 15 is 0 Å². The summed E-state index contributed by atoms with van der Waals surface area (Å²) in [6, 6.07) is 3.38. The van der Waals surface area contributed by atoms with Gasteiger partial charge in [-0.2, -0.15) is 13.2 Å². The number of halogens is 4. The molecule has 0 fully saturated rings. The van der Waals surface area contributed by atoms with E-state index in [1.807, 2.05) is 0 Å². The fraction of sp³-hybridized carbons (Fsp3) is 0.222. The molecule has 1 rings (SSSR count). The minimum atomic E-state index is -4.55. The van der Waals surface area contributed by atoms with Gasteiger partial charge in [0.15, 0.2) is 0 Å². The summed E-state index contributed by atoms with van der Waals surface area (Å²) in [6.45, 7) is 1.51. The second kappa shape index (κ2) is 3.61. The average molecular weight is 223 g/mol. The average Bonchev–Trinajstić information content (AvgIpc) is 2.01. The molecule has 0 N–H and O–H groups in total. The number of carbonyl (C=O) groups excluding carboxylic acids is 1. The first-order chi connectivity index (χ1) is 6.32. The van der Waals surface area contributed by atoms with E-state index in [4.69, 9.17) is 11.6 Å². The Kier molecular flexibility index (Phi) is 2.85. The summed E-state index contributed by atoms with van der Waals surface area (Å²) >= 11 is 5.03. The van der Waals surface area contributed by atoms with Crippen LogP contribution >= 0.6 is 11.6 Å². The van der Waals surface area contributed by atoms with Crippen LogP contribution in [0.25, 0.3) is 0 Å². The Balaban J connectivity index is 3.38. The highest BCUT2D eigenvalue weighted by Crippen LogP contribution is 2.33. The van der Waals surface area contributed by atoms with Crippen LogP contribution in [-0.4, -0.2) is 5.24 Å². The van der Waals surface area contributed by atoms with Crippen molar-refractivity contribution in [2.24, 2.45) is 0 Å². The van der Waals surface area contributed by atoms with Crippen molar-refractivity contribution in [2.75, 3.05) is 0 Å². The number of alkyl halides is 3. The third-order valence-corrected chi connectivity index (χ3v) is 1.90. The van der Waals surface area contributed by atoms with Crippen molar-refractivity contribution in [1.29, 1.82) is 0 Å². The Bertz CT molecular complexity index is 371. The van der Waals surface area contributed by atoms with Crippen molar-refractivity contribution in [2.45, 2.75) is 13.1 Å². The monoisotopic (exact) mass is 222 g/mol. The second-order valence-corrected chi connectivity index (χ2v) is 3.16. The number of rotatable bonds is 1. The lowest BCUT2D eigenvalue weighted by molar-refractivity contribution is -0.137. The summed E-state index contributed by atoms with van der Waals surface area (Å²) in [6.07, 6.45) is -4.55. The van der Waals surface area contributed by atoms with Gasteiger partial charge in [0.25, 0.3) is 5.24 Å². The zero-order valence-corrected chi connectivity index (χ0v) is 7.91. The number of benzene rings is 1. The van der Waals surface area contributed by atoms with Crippen molar-refractivity contribution in [3.8, 4) is 0 Å². The van der Waals surface area contributed by atoms with Crippen LogP contribution in [0.3, 0.4) is 0 Å². The fourth-order valence-electron chi connectivity index (χ4n) is 1.06. The van der Waals surface area contributed by atoms with E-state index in [1.165, 1.54) is 13.0 Å². The minimum absolute atomic E-state index is 0.430. The van der Waals surface area contributed by atoms with Crippen molar-refractivity contribution in [3.05, 3.63) is 34.9 Å². The van der Waals surface area contributed by atoms with Gasteiger partial charge in [-0.25, -0.2) is 0 Å². The highest BCUT2D eigenvalue weighted by Gasteiger charge is 2.34. The van der Waals surface area contributed by atoms with Gasteiger partial charge in [-0.15, -0.1) is 0 Å². The largest absolute Gasteiger partial charge is 0.417 e. The summed E-state index contributed by atoms with van der Waals surface area (Å²) in [5, 5.41) is -1.10. The van der Waals surface area contributed by atoms with E-state index in [-0.39, 0.29) is 0 Å². The maximum Gasteiger partial charge on any atom is 0.417 e. The molecule has 0 saturated heterocycles. The van der Waals surface area contributed by atoms with Gasteiger partial charge < -0.3 is 0 Å². The normalized spacial score (nSPS) is 11.5. The molecule has 0 aromatic heterocycles. The van der Waals surface area contributed by atoms with Gasteiger partial charge in [0.05, 0.1) is 5.56 Å². The van der Waals surface area contributed by atoms with Gasteiger partial charge in [-0.3, -0.25) is 4.79 Å². The SMILES string of the molecule is Cc1ccc(C(=O)Cl)c(C(F)(F)F)c1. The van der Waals surface area contributed by atoms with Crippen LogP contribution in [-0.2, 0) is 6.18 Å². The summed E-state index contributed by atoms with van der Waals surface area (Å²) in [5.74, 6) is 0. The highest BCUT2D eigenvalue weighted by atomic mass is 35.5. The second-order valence-electron chi connectivity index (χ2n) is 2.82. The quantitative estimate of drug-likeness (QED) is 0.666. The summed E-state index contributed by atoms with van der Waals surface area (Å²) in [5.41, 5.74) is -1.07. The molecular formula is C9H6ClF3O. The number of hydrogen-bond acceptors (Lipinski definition) is 1. The molecule has 0 bridgehead atoms. The number of carbonyl (C=O) groups is 1. The molecule has 0 heterocycles. The number of hydrogen-bond donors (Lipinski definition) is 0. The van der Waals surface area contributed by atoms with Gasteiger partial charge in [0.2, 0.25) is 0 Å². The number of aryl methyl sites for hydroxylation is 1. The van der Waals surface area contributed by atoms with Crippen LogP contribution in [0.2, 0.25) is 0 Å². The molecular weight excluding hydrogens is 217 g/mol. The molecule has 0 amide bonds. The van der Waals surface area contributed by atoms with Gasteiger partial charge >= 0.3 is 6.18 Å². The summed E-state index contributed by atoms with van der Waals surface area (Å²) in [4.78, 5) is 10.7. The third kappa shape index (κ3) is 2.26. The highest BCUT2D eigenvalue weighted by molar-refractivity contribution is 6.67. The van der Waals surface area contributed by atoms with Crippen molar-refractivity contribution in [3.63, 3.8) is 0 Å². The van der Waals surface area contributed by atoms with E-state index < -0.39 is 22.5 Å². The molecule has 5 heteroatoms. The predicted molar refractivity (Wildman–Crippen MR) is 46.4 cm³/mol. The van der Waals surface area contributed by atoms with Crippen molar-refractivity contribution in [1.82, 2.24) is 0 Å². The lowest BCUT2D eigenvalue weighted by atomic mass is 10.1. The molecule has 0 saturated carbocycles. The zero-order valence-electron chi connectivity index (χ0n) is 7.15. The van der Waals surface area contributed by atoms with Gasteiger partial charge in [-0.1, -0.05) is 11.6 Å². The van der Waals surface area contributed by atoms with Crippen molar-refractivity contribution < 1.29 is 18.0 Å². The first kappa shape index (κ1) is 11.0. The first-order valence-electron chi connectivity index (χ1n) is 3.70. The van der Waals surface area contributed by atoms with Crippen LogP contribution < -0.4 is 0 Å². The van der Waals surface area contributed by atoms with Crippen LogP contribution in [0.15, 0.2) is 18.2 Å². The van der Waals surface area contributed by atoms with Crippen LogP contribution in [0.5, 0.6) is 0 Å². The molecule has 1 aromatic carbocycles. The Morgan fingerprint density at radius 2 is 1.93 bits per heavy atom. The smallest absolute Gasteiger partial charge is 0.276 e. The molecule has 1 aromatic rings. The predicted octanol–water partition coefficient (Wildman–Crippen LogP) is 3.39. The Morgan fingerprint density at radius 1 is 1.36 bits per heavy atom. The molecule has 14 heavy (non-hydrogen) atoms. The Hall–Kier alpha value is -1.03. The fourth-order valence-corrected chi connectivity index (χ4v) is 1.23. The Labute approximate surface area is 83.5 Å². The molecule has 0 unspecified atom stereocenters. The molecule has 0 atom stereocenters. The standard InChI is InChI=1S/C9H6ClF3O/c1-5-2-3-6(8(10)14)7(4-5)9(11,12)13/h2-4H,1H3. The van der Waals surface area contributed by atoms with Crippen LogP contribution in [0.1, 0.15) is 21.5 Å². The first-order valence-corrected chi connectivity index (χ1v) is 4.08. The lowest BCUT2D eigenvalue weighted by Crippen LogP contribution is -2.11. The molecule has 0 aliphatic rings.